The molecule has 0 saturated carbocycles. The molecule has 2 N–H and O–H groups in total. The second kappa shape index (κ2) is 7.32. The number of aromatic nitrogens is 2. The van der Waals surface area contributed by atoms with Crippen LogP contribution in [0.1, 0.15) is 28.5 Å². The van der Waals surface area contributed by atoms with Crippen molar-refractivity contribution in [3.05, 3.63) is 76.4 Å². The number of amides is 1. The molecule has 5 nitrogen and oxygen atoms in total. The summed E-state index contributed by atoms with van der Waals surface area (Å²) in [4.78, 5) is 12.2. The van der Waals surface area contributed by atoms with E-state index >= 15 is 0 Å². The van der Waals surface area contributed by atoms with E-state index in [0.717, 1.165) is 16.8 Å². The fourth-order valence-electron chi connectivity index (χ4n) is 2.30. The number of carbonyl (C=O) groups is 1. The van der Waals surface area contributed by atoms with Gasteiger partial charge in [0, 0.05) is 5.56 Å². The van der Waals surface area contributed by atoms with Crippen molar-refractivity contribution in [1.82, 2.24) is 15.6 Å². The second-order valence-corrected chi connectivity index (χ2v) is 6.06. The molecule has 126 valence electrons. The average molecular weight is 353 g/mol. The van der Waals surface area contributed by atoms with E-state index < -0.39 is 0 Å². The maximum Gasteiger partial charge on any atom is 0.289 e. The summed E-state index contributed by atoms with van der Waals surface area (Å²) in [5.74, 6) is -0.364. The number of aryl methyl sites for hydroxylation is 1. The highest BCUT2D eigenvalue weighted by Gasteiger charge is 2.12. The molecule has 0 unspecified atom stereocenters. The zero-order valence-electron chi connectivity index (χ0n) is 13.9. The molecule has 1 amide bonds. The van der Waals surface area contributed by atoms with E-state index in [9.17, 15) is 4.79 Å². The van der Waals surface area contributed by atoms with E-state index in [-0.39, 0.29) is 5.91 Å². The quantitative estimate of drug-likeness (QED) is 0.546. The highest BCUT2D eigenvalue weighted by Crippen LogP contribution is 2.26. The fraction of sp³-hybridized carbons (Fsp3) is 0.105. The first-order chi connectivity index (χ1) is 12.0. The van der Waals surface area contributed by atoms with Crippen LogP contribution in [0.2, 0.25) is 5.02 Å². The molecule has 0 spiro atoms. The Labute approximate surface area is 150 Å². The number of aromatic amines is 1. The van der Waals surface area contributed by atoms with Crippen LogP contribution >= 0.6 is 11.6 Å². The Morgan fingerprint density at radius 2 is 1.88 bits per heavy atom. The fourth-order valence-corrected chi connectivity index (χ4v) is 2.53. The smallest absolute Gasteiger partial charge is 0.272 e. The van der Waals surface area contributed by atoms with Gasteiger partial charge < -0.3 is 0 Å². The normalized spacial score (nSPS) is 11.4. The van der Waals surface area contributed by atoms with Gasteiger partial charge in [-0.05, 0) is 31.5 Å². The van der Waals surface area contributed by atoms with Crippen molar-refractivity contribution in [1.29, 1.82) is 0 Å². The number of carbonyl (C=O) groups excluding carboxylic acids is 1. The minimum Gasteiger partial charge on any atom is -0.272 e. The molecule has 0 radical (unpaired) electrons. The third-order valence-electron chi connectivity index (χ3n) is 3.77. The monoisotopic (exact) mass is 352 g/mol. The molecule has 0 atom stereocenters. The third kappa shape index (κ3) is 3.95. The van der Waals surface area contributed by atoms with Gasteiger partial charge in [0.05, 0.1) is 16.4 Å². The first-order valence-corrected chi connectivity index (χ1v) is 8.14. The van der Waals surface area contributed by atoms with Crippen LogP contribution in [-0.2, 0) is 0 Å². The number of hydrazone groups is 1. The summed E-state index contributed by atoms with van der Waals surface area (Å²) in [7, 11) is 0. The lowest BCUT2D eigenvalue weighted by molar-refractivity contribution is 0.0950. The maximum atomic E-state index is 12.2. The van der Waals surface area contributed by atoms with Crippen molar-refractivity contribution in [3.8, 4) is 11.3 Å². The Morgan fingerprint density at radius 3 is 2.60 bits per heavy atom. The van der Waals surface area contributed by atoms with E-state index in [1.54, 1.807) is 12.1 Å². The molecule has 25 heavy (non-hydrogen) atoms. The summed E-state index contributed by atoms with van der Waals surface area (Å²) in [6, 6.07) is 16.9. The number of H-pyrrole nitrogens is 1. The Bertz CT molecular complexity index is 929. The molecule has 1 heterocycles. The molecule has 3 rings (SSSR count). The van der Waals surface area contributed by atoms with Gasteiger partial charge in [-0.3, -0.25) is 9.89 Å². The standard InChI is InChI=1S/C19H17ClN4O/c1-12-7-9-14(10-8-12)13(2)21-24-19(25)18-11-17(22-23-18)15-5-3-4-6-16(15)20/h3-11H,1-2H3,(H,22,23)(H,24,25)/b21-13-. The van der Waals surface area contributed by atoms with Crippen molar-refractivity contribution < 1.29 is 4.79 Å². The maximum absolute atomic E-state index is 12.2. The zero-order valence-corrected chi connectivity index (χ0v) is 14.6. The predicted molar refractivity (Wildman–Crippen MR) is 99.9 cm³/mol. The second-order valence-electron chi connectivity index (χ2n) is 5.65. The van der Waals surface area contributed by atoms with Gasteiger partial charge in [0.2, 0.25) is 0 Å². The van der Waals surface area contributed by atoms with E-state index in [1.165, 1.54) is 5.56 Å². The van der Waals surface area contributed by atoms with Crippen LogP contribution in [0.15, 0.2) is 59.7 Å². The van der Waals surface area contributed by atoms with Crippen LogP contribution in [0.25, 0.3) is 11.3 Å². The molecule has 0 bridgehead atoms. The van der Waals surface area contributed by atoms with Gasteiger partial charge in [0.25, 0.3) is 5.91 Å². The van der Waals surface area contributed by atoms with Crippen molar-refractivity contribution >= 4 is 23.2 Å². The van der Waals surface area contributed by atoms with Crippen molar-refractivity contribution in [2.45, 2.75) is 13.8 Å². The zero-order chi connectivity index (χ0) is 17.8. The van der Waals surface area contributed by atoms with Crippen molar-refractivity contribution in [3.63, 3.8) is 0 Å². The van der Waals surface area contributed by atoms with Crippen LogP contribution in [-0.4, -0.2) is 21.8 Å². The summed E-state index contributed by atoms with van der Waals surface area (Å²) in [6.07, 6.45) is 0. The van der Waals surface area contributed by atoms with Crippen LogP contribution in [0.3, 0.4) is 0 Å². The molecule has 6 heteroatoms. The van der Waals surface area contributed by atoms with Gasteiger partial charge in [-0.1, -0.05) is 59.6 Å². The van der Waals surface area contributed by atoms with Gasteiger partial charge in [-0.25, -0.2) is 5.43 Å². The average Bonchev–Trinajstić information content (AvgIpc) is 3.10. The minimum atomic E-state index is -0.364. The summed E-state index contributed by atoms with van der Waals surface area (Å²) in [6.45, 7) is 3.86. The number of rotatable bonds is 4. The molecule has 1 aromatic heterocycles. The SMILES string of the molecule is C/C(=N/NC(=O)c1cc(-c2ccccc2Cl)n[nH]1)c1ccc(C)cc1. The van der Waals surface area contributed by atoms with Gasteiger partial charge in [0.1, 0.15) is 5.69 Å². The molecular formula is C19H17ClN4O. The summed E-state index contributed by atoms with van der Waals surface area (Å²) < 4.78 is 0. The van der Waals surface area contributed by atoms with E-state index in [0.29, 0.717) is 16.4 Å². The number of nitrogens with zero attached hydrogens (tertiary/aromatic N) is 2. The van der Waals surface area contributed by atoms with Gasteiger partial charge >= 0.3 is 0 Å². The van der Waals surface area contributed by atoms with Gasteiger partial charge in [-0.2, -0.15) is 10.2 Å². The van der Waals surface area contributed by atoms with Crippen LogP contribution in [0, 0.1) is 6.92 Å². The van der Waals surface area contributed by atoms with Crippen molar-refractivity contribution in [2.24, 2.45) is 5.10 Å². The molecule has 0 saturated heterocycles. The lowest BCUT2D eigenvalue weighted by atomic mass is 10.1. The highest BCUT2D eigenvalue weighted by atomic mass is 35.5. The molecule has 0 aliphatic heterocycles. The number of hydrogen-bond donors (Lipinski definition) is 2. The van der Waals surface area contributed by atoms with Crippen LogP contribution < -0.4 is 5.43 Å². The van der Waals surface area contributed by atoms with E-state index in [1.807, 2.05) is 56.3 Å². The largest absolute Gasteiger partial charge is 0.289 e. The van der Waals surface area contributed by atoms with Crippen LogP contribution in [0.4, 0.5) is 0 Å². The lowest BCUT2D eigenvalue weighted by Crippen LogP contribution is -2.19. The summed E-state index contributed by atoms with van der Waals surface area (Å²) >= 11 is 6.15. The van der Waals surface area contributed by atoms with Crippen molar-refractivity contribution in [2.75, 3.05) is 0 Å². The van der Waals surface area contributed by atoms with E-state index in [2.05, 4.69) is 20.7 Å². The number of nitrogens with one attached hydrogen (secondary N) is 2. The lowest BCUT2D eigenvalue weighted by Gasteiger charge is -2.02. The van der Waals surface area contributed by atoms with Crippen LogP contribution in [0.5, 0.6) is 0 Å². The predicted octanol–water partition coefficient (Wildman–Crippen LogP) is 4.19. The Hall–Kier alpha value is -2.92. The number of benzene rings is 2. The molecule has 2 aromatic carbocycles. The highest BCUT2D eigenvalue weighted by molar-refractivity contribution is 6.33. The minimum absolute atomic E-state index is 0.315. The molecular weight excluding hydrogens is 336 g/mol. The Kier molecular flexibility index (Phi) is 4.95. The number of hydrogen-bond acceptors (Lipinski definition) is 3. The Balaban J connectivity index is 1.73. The molecule has 0 fully saturated rings. The molecule has 0 aliphatic rings. The summed E-state index contributed by atoms with van der Waals surface area (Å²) in [5, 5.41) is 11.6. The Morgan fingerprint density at radius 1 is 1.16 bits per heavy atom. The topological polar surface area (TPSA) is 70.1 Å². The first-order valence-electron chi connectivity index (χ1n) is 7.76. The van der Waals surface area contributed by atoms with Gasteiger partial charge in [0.15, 0.2) is 0 Å². The third-order valence-corrected chi connectivity index (χ3v) is 4.10. The van der Waals surface area contributed by atoms with E-state index in [4.69, 9.17) is 11.6 Å². The van der Waals surface area contributed by atoms with Gasteiger partial charge in [-0.15, -0.1) is 0 Å². The molecule has 0 aliphatic carbocycles. The summed E-state index contributed by atoms with van der Waals surface area (Å²) in [5.41, 5.74) is 7.06. The number of halogens is 1. The first kappa shape index (κ1) is 16.9. The molecule has 3 aromatic rings.